The van der Waals surface area contributed by atoms with Crippen LogP contribution in [-0.4, -0.2) is 49.3 Å². The van der Waals surface area contributed by atoms with Gasteiger partial charge in [-0.2, -0.15) is 0 Å². The number of rotatable bonds is 6. The van der Waals surface area contributed by atoms with Crippen LogP contribution in [-0.2, 0) is 26.5 Å². The van der Waals surface area contributed by atoms with E-state index in [4.69, 9.17) is 4.74 Å². The lowest BCUT2D eigenvalue weighted by atomic mass is 9.82. The molecule has 0 radical (unpaired) electrons. The minimum Gasteiger partial charge on any atom is -0.432 e. The average molecular weight is 537 g/mol. The predicted molar refractivity (Wildman–Crippen MR) is 150 cm³/mol. The van der Waals surface area contributed by atoms with Crippen molar-refractivity contribution in [2.45, 2.75) is 82.3 Å². The minimum absolute atomic E-state index is 0.0557. The van der Waals surface area contributed by atoms with Gasteiger partial charge >= 0.3 is 0 Å². The number of fused-ring (bicyclic) bond motifs is 2. The van der Waals surface area contributed by atoms with Crippen LogP contribution in [0.15, 0.2) is 48.5 Å². The van der Waals surface area contributed by atoms with Gasteiger partial charge in [0.05, 0.1) is 18.3 Å². The summed E-state index contributed by atoms with van der Waals surface area (Å²) in [5.41, 5.74) is 2.19. The third-order valence-corrected chi connectivity index (χ3v) is 11.2. The summed E-state index contributed by atoms with van der Waals surface area (Å²) in [6, 6.07) is 15.8. The molecule has 2 saturated heterocycles. The van der Waals surface area contributed by atoms with Gasteiger partial charge in [0, 0.05) is 42.3 Å². The van der Waals surface area contributed by atoms with Crippen LogP contribution in [0.5, 0.6) is 0 Å². The summed E-state index contributed by atoms with van der Waals surface area (Å²) < 4.78 is 6.62. The largest absolute Gasteiger partial charge is 0.432 e. The Bertz CT molecular complexity index is 1180. The maximum absolute atomic E-state index is 14.3. The number of anilines is 2. The van der Waals surface area contributed by atoms with Gasteiger partial charge in [-0.3, -0.25) is 9.59 Å². The van der Waals surface area contributed by atoms with Crippen LogP contribution in [0.2, 0.25) is 18.6 Å². The zero-order valence-electron chi connectivity index (χ0n) is 22.7. The molecule has 2 amide bonds. The van der Waals surface area contributed by atoms with Gasteiger partial charge in [0.15, 0.2) is 13.9 Å². The van der Waals surface area contributed by atoms with Crippen LogP contribution in [0.1, 0.15) is 56.6 Å². The molecule has 2 N–H and O–H groups in total. The number of carbonyl (C=O) groups is 2. The monoisotopic (exact) mass is 536 g/mol. The lowest BCUT2D eigenvalue weighted by Gasteiger charge is -2.32. The average Bonchev–Trinajstić information content (AvgIpc) is 3.30. The first kappa shape index (κ1) is 27.1. The van der Waals surface area contributed by atoms with E-state index in [0.717, 1.165) is 54.7 Å². The lowest BCUT2D eigenvalue weighted by molar-refractivity contribution is -0.146. The van der Waals surface area contributed by atoms with E-state index in [1.54, 1.807) is 4.90 Å². The van der Waals surface area contributed by atoms with Crippen molar-refractivity contribution in [3.8, 4) is 0 Å². The Morgan fingerprint density at radius 3 is 2.45 bits per heavy atom. The van der Waals surface area contributed by atoms with E-state index < -0.39 is 13.9 Å². The summed E-state index contributed by atoms with van der Waals surface area (Å²) in [5.74, 6) is -0.166. The molecule has 3 heterocycles. The van der Waals surface area contributed by atoms with Crippen molar-refractivity contribution < 1.29 is 24.2 Å². The van der Waals surface area contributed by atoms with E-state index in [2.05, 4.69) is 0 Å². The highest BCUT2D eigenvalue weighted by Crippen LogP contribution is 2.59. The summed E-state index contributed by atoms with van der Waals surface area (Å²) in [4.78, 5) is 41.8. The third-order valence-electron chi connectivity index (χ3n) is 8.72. The van der Waals surface area contributed by atoms with Crippen LogP contribution < -0.4 is 9.80 Å². The molecule has 8 heteroatoms. The molecule has 38 heavy (non-hydrogen) atoms. The van der Waals surface area contributed by atoms with Crippen LogP contribution in [0.25, 0.3) is 0 Å². The number of benzene rings is 2. The summed E-state index contributed by atoms with van der Waals surface area (Å²) in [6.45, 7) is 6.87. The van der Waals surface area contributed by atoms with E-state index >= 15 is 0 Å². The molecule has 2 aromatic rings. The van der Waals surface area contributed by atoms with Gasteiger partial charge in [-0.1, -0.05) is 50.1 Å². The number of aliphatic hydroxyl groups is 1. The van der Waals surface area contributed by atoms with E-state index in [1.807, 2.05) is 73.4 Å². The molecule has 204 valence electrons. The number of nitrogens with zero attached hydrogens (tertiary/aromatic N) is 2. The Morgan fingerprint density at radius 1 is 1.03 bits per heavy atom. The molecule has 4 atom stereocenters. The number of hydrogen-bond donors (Lipinski definition) is 2. The summed E-state index contributed by atoms with van der Waals surface area (Å²) >= 11 is 0. The Labute approximate surface area is 226 Å². The molecule has 2 aromatic carbocycles. The van der Waals surface area contributed by atoms with Crippen LogP contribution in [0.3, 0.4) is 0 Å². The Kier molecular flexibility index (Phi) is 7.52. The summed E-state index contributed by atoms with van der Waals surface area (Å²) in [7, 11) is -2.70. The van der Waals surface area contributed by atoms with Crippen molar-refractivity contribution in [2.75, 3.05) is 23.0 Å². The van der Waals surface area contributed by atoms with Crippen LogP contribution >= 0.6 is 0 Å². The van der Waals surface area contributed by atoms with E-state index in [1.165, 1.54) is 0 Å². The first-order valence-electron chi connectivity index (χ1n) is 14.0. The zero-order chi connectivity index (χ0) is 27.1. The first-order valence-corrected chi connectivity index (χ1v) is 17.0. The second kappa shape index (κ2) is 10.6. The molecule has 5 rings (SSSR count). The van der Waals surface area contributed by atoms with Gasteiger partial charge < -0.3 is 24.4 Å². The highest BCUT2D eigenvalue weighted by atomic mass is 28.4. The predicted octanol–water partition coefficient (Wildman–Crippen LogP) is 4.71. The van der Waals surface area contributed by atoms with Crippen molar-refractivity contribution >= 4 is 31.5 Å². The van der Waals surface area contributed by atoms with Crippen molar-refractivity contribution in [3.05, 3.63) is 59.7 Å². The van der Waals surface area contributed by atoms with Gasteiger partial charge in [0.2, 0.25) is 5.91 Å². The van der Waals surface area contributed by atoms with Crippen LogP contribution in [0.4, 0.5) is 11.4 Å². The standard InChI is InChI=1S/C30H40N2O5Si/c1-21-28(38(2,3)36)26(17-19-33)37-30(21)24-10-7-8-11-25(24)32(29(30)35)20-22-13-15-23(16-14-22)31-18-9-5-4-6-12-27(31)34/h7-8,10-11,13-16,21,26,28,33,36H,4-6,9,12,17-20H2,1-3H3/t21-,26+,28-,30+/m0/s1. The fraction of sp³-hybridized carbons (Fsp3) is 0.533. The maximum Gasteiger partial charge on any atom is 0.264 e. The molecular formula is C30H40N2O5Si. The van der Waals surface area contributed by atoms with Crippen molar-refractivity contribution in [2.24, 2.45) is 5.92 Å². The minimum atomic E-state index is -2.70. The van der Waals surface area contributed by atoms with E-state index in [-0.39, 0.29) is 36.0 Å². The number of amides is 2. The fourth-order valence-corrected chi connectivity index (χ4v) is 9.58. The normalized spacial score (nSPS) is 28.1. The summed E-state index contributed by atoms with van der Waals surface area (Å²) in [5, 5.41) is 9.73. The Balaban J connectivity index is 1.44. The van der Waals surface area contributed by atoms with Crippen molar-refractivity contribution in [3.63, 3.8) is 0 Å². The lowest BCUT2D eigenvalue weighted by Crippen LogP contribution is -2.46. The molecule has 0 aliphatic carbocycles. The van der Waals surface area contributed by atoms with Crippen molar-refractivity contribution in [1.82, 2.24) is 0 Å². The number of aliphatic hydroxyl groups excluding tert-OH is 1. The quantitative estimate of drug-likeness (QED) is 0.522. The van der Waals surface area contributed by atoms with Gasteiger partial charge in [-0.25, -0.2) is 0 Å². The number of ether oxygens (including phenoxy) is 1. The Hall–Kier alpha value is -2.52. The number of para-hydroxylation sites is 1. The number of carbonyl (C=O) groups excluding carboxylic acids is 2. The molecule has 0 unspecified atom stereocenters. The highest BCUT2D eigenvalue weighted by Gasteiger charge is 2.65. The molecule has 0 saturated carbocycles. The zero-order valence-corrected chi connectivity index (χ0v) is 23.7. The fourth-order valence-electron chi connectivity index (χ4n) is 6.98. The maximum atomic E-state index is 14.3. The molecule has 2 fully saturated rings. The topological polar surface area (TPSA) is 90.3 Å². The second-order valence-corrected chi connectivity index (χ2v) is 15.6. The smallest absolute Gasteiger partial charge is 0.264 e. The number of hydrogen-bond acceptors (Lipinski definition) is 5. The van der Waals surface area contributed by atoms with Gasteiger partial charge in [-0.05, 0) is 56.1 Å². The van der Waals surface area contributed by atoms with Gasteiger partial charge in [-0.15, -0.1) is 0 Å². The Morgan fingerprint density at radius 2 is 1.74 bits per heavy atom. The summed E-state index contributed by atoms with van der Waals surface area (Å²) in [6.07, 6.45) is 4.82. The SMILES string of the molecule is C[C@H]1[C@H]([Si](C)(C)O)[C@@H](CCO)O[C@]12C(=O)N(Cc1ccc(N3CCCCCCC3=O)cc1)c1ccccc12. The third kappa shape index (κ3) is 4.61. The van der Waals surface area contributed by atoms with E-state index in [9.17, 15) is 19.5 Å². The van der Waals surface area contributed by atoms with Gasteiger partial charge in [0.1, 0.15) is 0 Å². The van der Waals surface area contributed by atoms with Crippen molar-refractivity contribution in [1.29, 1.82) is 0 Å². The van der Waals surface area contributed by atoms with Gasteiger partial charge in [0.25, 0.3) is 5.91 Å². The second-order valence-electron chi connectivity index (χ2n) is 11.7. The molecule has 7 nitrogen and oxygen atoms in total. The molecule has 3 aliphatic heterocycles. The first-order chi connectivity index (χ1) is 18.2. The molecule has 0 bridgehead atoms. The highest BCUT2D eigenvalue weighted by molar-refractivity contribution is 6.71. The van der Waals surface area contributed by atoms with Crippen LogP contribution in [0, 0.1) is 5.92 Å². The van der Waals surface area contributed by atoms with E-state index in [0.29, 0.717) is 19.4 Å². The molecule has 0 aromatic heterocycles. The molecular weight excluding hydrogens is 496 g/mol. The molecule has 3 aliphatic rings. The molecule has 1 spiro atoms.